The summed E-state index contributed by atoms with van der Waals surface area (Å²) in [6, 6.07) is 3.99. The quantitative estimate of drug-likeness (QED) is 0.903. The molecule has 4 nitrogen and oxygen atoms in total. The highest BCUT2D eigenvalue weighted by atomic mass is 16.2. The van der Waals surface area contributed by atoms with Crippen molar-refractivity contribution >= 4 is 5.91 Å². The lowest BCUT2D eigenvalue weighted by Gasteiger charge is -2.30. The minimum atomic E-state index is -0.138. The van der Waals surface area contributed by atoms with Crippen molar-refractivity contribution in [2.75, 3.05) is 13.1 Å². The summed E-state index contributed by atoms with van der Waals surface area (Å²) in [7, 11) is 0. The molecule has 1 saturated heterocycles. The van der Waals surface area contributed by atoms with Gasteiger partial charge in [0.15, 0.2) is 0 Å². The first kappa shape index (κ1) is 14.0. The molecule has 104 valence electrons. The fourth-order valence-electron chi connectivity index (χ4n) is 2.58. The lowest BCUT2D eigenvalue weighted by Crippen LogP contribution is -2.47. The number of piperidine rings is 1. The predicted octanol–water partition coefficient (Wildman–Crippen LogP) is 2.13. The van der Waals surface area contributed by atoms with Crippen LogP contribution in [0, 0.1) is 0 Å². The number of nitrogens with zero attached hydrogens (tertiary/aromatic N) is 2. The van der Waals surface area contributed by atoms with Crippen LogP contribution in [0.15, 0.2) is 24.5 Å². The Bertz CT molecular complexity index is 401. The molecule has 1 aromatic heterocycles. The van der Waals surface area contributed by atoms with Crippen LogP contribution in [0.1, 0.15) is 44.7 Å². The summed E-state index contributed by atoms with van der Waals surface area (Å²) in [5.41, 5.74) is 1.16. The summed E-state index contributed by atoms with van der Waals surface area (Å²) in [6.45, 7) is 5.85. The van der Waals surface area contributed by atoms with Gasteiger partial charge < -0.3 is 4.90 Å². The molecule has 0 saturated carbocycles. The van der Waals surface area contributed by atoms with Crippen LogP contribution in [0.5, 0.6) is 0 Å². The minimum absolute atomic E-state index is 0.138. The third-order valence-electron chi connectivity index (χ3n) is 3.74. The SMILES string of the molecule is CC(NC(C)c1ccncc1)C(=O)N1CCCCC1. The van der Waals surface area contributed by atoms with Crippen molar-refractivity contribution < 1.29 is 4.79 Å². The highest BCUT2D eigenvalue weighted by Crippen LogP contribution is 2.14. The normalized spacial score (nSPS) is 18.9. The molecule has 2 unspecified atom stereocenters. The van der Waals surface area contributed by atoms with E-state index in [1.165, 1.54) is 6.42 Å². The first-order valence-electron chi connectivity index (χ1n) is 7.13. The molecular weight excluding hydrogens is 238 g/mol. The molecule has 2 heterocycles. The Morgan fingerprint density at radius 2 is 1.84 bits per heavy atom. The van der Waals surface area contributed by atoms with Gasteiger partial charge in [0.05, 0.1) is 6.04 Å². The second-order valence-electron chi connectivity index (χ2n) is 5.28. The molecule has 0 spiro atoms. The van der Waals surface area contributed by atoms with Crippen molar-refractivity contribution in [1.82, 2.24) is 15.2 Å². The molecule has 1 aromatic rings. The Morgan fingerprint density at radius 1 is 1.21 bits per heavy atom. The lowest BCUT2D eigenvalue weighted by molar-refractivity contribution is -0.134. The van der Waals surface area contributed by atoms with Crippen LogP contribution >= 0.6 is 0 Å². The molecule has 1 aliphatic rings. The summed E-state index contributed by atoms with van der Waals surface area (Å²) in [4.78, 5) is 18.3. The van der Waals surface area contributed by atoms with Crippen LogP contribution in [0.3, 0.4) is 0 Å². The van der Waals surface area contributed by atoms with E-state index in [0.717, 1.165) is 31.5 Å². The molecule has 0 radical (unpaired) electrons. The Hall–Kier alpha value is -1.42. The summed E-state index contributed by atoms with van der Waals surface area (Å²) in [6.07, 6.45) is 7.09. The smallest absolute Gasteiger partial charge is 0.239 e. The van der Waals surface area contributed by atoms with Crippen LogP contribution in [0.25, 0.3) is 0 Å². The number of likely N-dealkylation sites (tertiary alicyclic amines) is 1. The summed E-state index contributed by atoms with van der Waals surface area (Å²) < 4.78 is 0. The fourth-order valence-corrected chi connectivity index (χ4v) is 2.58. The van der Waals surface area contributed by atoms with Gasteiger partial charge in [-0.25, -0.2) is 0 Å². The van der Waals surface area contributed by atoms with Crippen LogP contribution in [0.4, 0.5) is 0 Å². The van der Waals surface area contributed by atoms with E-state index >= 15 is 0 Å². The van der Waals surface area contributed by atoms with Crippen LogP contribution in [0.2, 0.25) is 0 Å². The van der Waals surface area contributed by atoms with Gasteiger partial charge >= 0.3 is 0 Å². The number of hydrogen-bond acceptors (Lipinski definition) is 3. The minimum Gasteiger partial charge on any atom is -0.341 e. The van der Waals surface area contributed by atoms with Gasteiger partial charge in [-0.15, -0.1) is 0 Å². The van der Waals surface area contributed by atoms with Gasteiger partial charge in [0.2, 0.25) is 5.91 Å². The molecule has 1 N–H and O–H groups in total. The average Bonchev–Trinajstić information content (AvgIpc) is 2.48. The van der Waals surface area contributed by atoms with Gasteiger partial charge in [-0.05, 0) is 50.8 Å². The van der Waals surface area contributed by atoms with Gasteiger partial charge in [-0.3, -0.25) is 15.1 Å². The highest BCUT2D eigenvalue weighted by Gasteiger charge is 2.23. The maximum atomic E-state index is 12.3. The molecule has 1 amide bonds. The molecule has 4 heteroatoms. The number of aromatic nitrogens is 1. The van der Waals surface area contributed by atoms with E-state index < -0.39 is 0 Å². The molecule has 1 aliphatic heterocycles. The van der Waals surface area contributed by atoms with Crippen molar-refractivity contribution in [2.24, 2.45) is 0 Å². The van der Waals surface area contributed by atoms with Crippen LogP contribution in [-0.4, -0.2) is 34.9 Å². The van der Waals surface area contributed by atoms with Crippen molar-refractivity contribution in [3.63, 3.8) is 0 Å². The Kier molecular flexibility index (Phi) is 4.91. The molecule has 19 heavy (non-hydrogen) atoms. The summed E-state index contributed by atoms with van der Waals surface area (Å²) in [5.74, 6) is 0.223. The molecule has 0 aromatic carbocycles. The summed E-state index contributed by atoms with van der Waals surface area (Å²) >= 11 is 0. The summed E-state index contributed by atoms with van der Waals surface area (Å²) in [5, 5.41) is 3.37. The van der Waals surface area contributed by atoms with Crippen LogP contribution in [-0.2, 0) is 4.79 Å². The van der Waals surface area contributed by atoms with Gasteiger partial charge in [0.1, 0.15) is 0 Å². The van der Waals surface area contributed by atoms with Crippen molar-refractivity contribution in [3.8, 4) is 0 Å². The molecule has 1 fully saturated rings. The highest BCUT2D eigenvalue weighted by molar-refractivity contribution is 5.81. The molecule has 2 atom stereocenters. The van der Waals surface area contributed by atoms with E-state index in [4.69, 9.17) is 0 Å². The van der Waals surface area contributed by atoms with Gasteiger partial charge in [0.25, 0.3) is 0 Å². The topological polar surface area (TPSA) is 45.2 Å². The number of hydrogen-bond donors (Lipinski definition) is 1. The third kappa shape index (κ3) is 3.77. The first-order valence-corrected chi connectivity index (χ1v) is 7.13. The number of rotatable bonds is 4. The number of carbonyl (C=O) groups excluding carboxylic acids is 1. The number of carbonyl (C=O) groups is 1. The zero-order valence-electron chi connectivity index (χ0n) is 11.8. The molecular formula is C15H23N3O. The molecule has 2 rings (SSSR count). The average molecular weight is 261 g/mol. The number of amides is 1. The number of pyridine rings is 1. The largest absolute Gasteiger partial charge is 0.341 e. The lowest BCUT2D eigenvalue weighted by atomic mass is 10.1. The second-order valence-corrected chi connectivity index (χ2v) is 5.28. The van der Waals surface area contributed by atoms with E-state index in [9.17, 15) is 4.79 Å². The predicted molar refractivity (Wildman–Crippen MR) is 75.7 cm³/mol. The van der Waals surface area contributed by atoms with Gasteiger partial charge in [-0.1, -0.05) is 0 Å². The monoisotopic (exact) mass is 261 g/mol. The standard InChI is InChI=1S/C15H23N3O/c1-12(14-6-8-16-9-7-14)17-13(2)15(19)18-10-4-3-5-11-18/h6-9,12-13,17H,3-5,10-11H2,1-2H3. The van der Waals surface area contributed by atoms with Gasteiger partial charge in [-0.2, -0.15) is 0 Å². The third-order valence-corrected chi connectivity index (χ3v) is 3.74. The maximum Gasteiger partial charge on any atom is 0.239 e. The van der Waals surface area contributed by atoms with Crippen LogP contribution < -0.4 is 5.32 Å². The Morgan fingerprint density at radius 3 is 2.47 bits per heavy atom. The van der Waals surface area contributed by atoms with Crippen molar-refractivity contribution in [1.29, 1.82) is 0 Å². The number of nitrogens with one attached hydrogen (secondary N) is 1. The fraction of sp³-hybridized carbons (Fsp3) is 0.600. The maximum absolute atomic E-state index is 12.3. The zero-order chi connectivity index (χ0) is 13.7. The van der Waals surface area contributed by atoms with Gasteiger partial charge in [0, 0.05) is 31.5 Å². The van der Waals surface area contributed by atoms with E-state index in [1.54, 1.807) is 12.4 Å². The first-order chi connectivity index (χ1) is 9.18. The zero-order valence-corrected chi connectivity index (χ0v) is 11.8. The van der Waals surface area contributed by atoms with Crippen molar-refractivity contribution in [3.05, 3.63) is 30.1 Å². The van der Waals surface area contributed by atoms with Crippen molar-refractivity contribution in [2.45, 2.75) is 45.2 Å². The molecule has 0 aliphatic carbocycles. The molecule has 0 bridgehead atoms. The van der Waals surface area contributed by atoms with E-state index in [0.29, 0.717) is 0 Å². The van der Waals surface area contributed by atoms with E-state index in [1.807, 2.05) is 24.0 Å². The Balaban J connectivity index is 1.89. The van der Waals surface area contributed by atoms with E-state index in [2.05, 4.69) is 17.2 Å². The van der Waals surface area contributed by atoms with E-state index in [-0.39, 0.29) is 18.0 Å². The second kappa shape index (κ2) is 6.66. The Labute approximate surface area is 115 Å².